The van der Waals surface area contributed by atoms with E-state index in [1.54, 1.807) is 0 Å². The van der Waals surface area contributed by atoms with Crippen molar-refractivity contribution in [2.45, 2.75) is 5.75 Å². The molecule has 0 bridgehead atoms. The Bertz CT molecular complexity index is 804. The van der Waals surface area contributed by atoms with Crippen molar-refractivity contribution in [2.75, 3.05) is 25.3 Å². The second kappa shape index (κ2) is 10.1. The number of hydrogen-bond donors (Lipinski definition) is 1. The van der Waals surface area contributed by atoms with Crippen molar-refractivity contribution in [1.82, 2.24) is 0 Å². The molecule has 0 aliphatic heterocycles. The summed E-state index contributed by atoms with van der Waals surface area (Å²) in [6.07, 6.45) is 0. The summed E-state index contributed by atoms with van der Waals surface area (Å²) in [6, 6.07) is 12.1. The number of anilines is 1. The molecule has 0 heterocycles. The van der Waals surface area contributed by atoms with Crippen LogP contribution in [-0.4, -0.2) is 37.8 Å². The lowest BCUT2D eigenvalue weighted by atomic mass is 10.1. The molecule has 142 valence electrons. The van der Waals surface area contributed by atoms with Crippen LogP contribution in [0.3, 0.4) is 0 Å². The average Bonchev–Trinajstić information content (AvgIpc) is 2.67. The van der Waals surface area contributed by atoms with E-state index >= 15 is 0 Å². The van der Waals surface area contributed by atoms with E-state index in [0.29, 0.717) is 11.4 Å². The van der Waals surface area contributed by atoms with E-state index in [0.717, 1.165) is 10.0 Å². The summed E-state index contributed by atoms with van der Waals surface area (Å²) >= 11 is 4.84. The molecule has 0 aliphatic carbocycles. The molecule has 6 nitrogen and oxygen atoms in total. The van der Waals surface area contributed by atoms with E-state index in [1.807, 2.05) is 24.3 Å². The van der Waals surface area contributed by atoms with Crippen LogP contribution in [0.5, 0.6) is 0 Å². The zero-order valence-corrected chi connectivity index (χ0v) is 17.2. The number of rotatable bonds is 7. The van der Waals surface area contributed by atoms with Gasteiger partial charge < -0.3 is 14.8 Å². The molecule has 8 heteroatoms. The smallest absolute Gasteiger partial charge is 0.337 e. The molecule has 0 saturated carbocycles. The molecule has 2 rings (SSSR count). The number of amides is 1. The molecule has 0 spiro atoms. The molecule has 0 atom stereocenters. The van der Waals surface area contributed by atoms with E-state index in [9.17, 15) is 14.4 Å². The van der Waals surface area contributed by atoms with Crippen molar-refractivity contribution in [2.24, 2.45) is 0 Å². The fourth-order valence-electron chi connectivity index (χ4n) is 2.21. The van der Waals surface area contributed by atoms with E-state index < -0.39 is 11.9 Å². The van der Waals surface area contributed by atoms with Gasteiger partial charge in [-0.2, -0.15) is 0 Å². The summed E-state index contributed by atoms with van der Waals surface area (Å²) in [4.78, 5) is 35.7. The molecular weight excluding hydrogens is 434 g/mol. The normalized spacial score (nSPS) is 10.2. The predicted octanol–water partition coefficient (Wildman–Crippen LogP) is 3.89. The van der Waals surface area contributed by atoms with Crippen molar-refractivity contribution >= 4 is 51.2 Å². The second-order valence-corrected chi connectivity index (χ2v) is 7.35. The van der Waals surface area contributed by atoms with Crippen molar-refractivity contribution in [3.8, 4) is 0 Å². The SMILES string of the molecule is COC(=O)c1cc(NC(=O)CSCc2ccc(Br)cc2)cc(C(=O)OC)c1. The average molecular weight is 452 g/mol. The van der Waals surface area contributed by atoms with E-state index in [2.05, 4.69) is 30.7 Å². The summed E-state index contributed by atoms with van der Waals surface area (Å²) in [5.74, 6) is -0.542. The van der Waals surface area contributed by atoms with Crippen molar-refractivity contribution in [3.63, 3.8) is 0 Å². The van der Waals surface area contributed by atoms with Gasteiger partial charge in [0.05, 0.1) is 31.1 Å². The summed E-state index contributed by atoms with van der Waals surface area (Å²) in [6.45, 7) is 0. The number of nitrogens with one attached hydrogen (secondary N) is 1. The van der Waals surface area contributed by atoms with E-state index in [-0.39, 0.29) is 22.8 Å². The molecular formula is C19H18BrNO5S. The lowest BCUT2D eigenvalue weighted by molar-refractivity contribution is -0.113. The number of halogens is 1. The number of hydrogen-bond acceptors (Lipinski definition) is 6. The number of methoxy groups -OCH3 is 2. The number of benzene rings is 2. The van der Waals surface area contributed by atoms with Gasteiger partial charge in [0.25, 0.3) is 0 Å². The van der Waals surface area contributed by atoms with E-state index in [1.165, 1.54) is 44.2 Å². The van der Waals surface area contributed by atoms with Crippen LogP contribution in [0.1, 0.15) is 26.3 Å². The van der Waals surface area contributed by atoms with Gasteiger partial charge in [-0.25, -0.2) is 9.59 Å². The maximum atomic E-state index is 12.2. The van der Waals surface area contributed by atoms with Gasteiger partial charge in [0.2, 0.25) is 5.91 Å². The summed E-state index contributed by atoms with van der Waals surface area (Å²) < 4.78 is 10.4. The number of thioether (sulfide) groups is 1. The summed E-state index contributed by atoms with van der Waals surface area (Å²) in [5, 5.41) is 2.69. The quantitative estimate of drug-likeness (QED) is 0.642. The van der Waals surface area contributed by atoms with Crippen LogP contribution in [0.15, 0.2) is 46.9 Å². The predicted molar refractivity (Wildman–Crippen MR) is 108 cm³/mol. The molecule has 0 aliphatic rings. The molecule has 0 fully saturated rings. The lowest BCUT2D eigenvalue weighted by Gasteiger charge is -2.09. The van der Waals surface area contributed by atoms with Gasteiger partial charge in [-0.1, -0.05) is 28.1 Å². The highest BCUT2D eigenvalue weighted by atomic mass is 79.9. The Hall–Kier alpha value is -2.32. The van der Waals surface area contributed by atoms with Crippen LogP contribution in [-0.2, 0) is 20.0 Å². The van der Waals surface area contributed by atoms with Gasteiger partial charge in [-0.05, 0) is 35.9 Å². The topological polar surface area (TPSA) is 81.7 Å². The fraction of sp³-hybridized carbons (Fsp3) is 0.211. The molecule has 1 N–H and O–H groups in total. The minimum absolute atomic E-state index is 0.151. The first-order chi connectivity index (χ1) is 12.9. The Morgan fingerprint density at radius 1 is 0.963 bits per heavy atom. The van der Waals surface area contributed by atoms with Crippen LogP contribution in [0, 0.1) is 0 Å². The summed E-state index contributed by atoms with van der Waals surface area (Å²) in [7, 11) is 2.48. The highest BCUT2D eigenvalue weighted by molar-refractivity contribution is 9.10. The van der Waals surface area contributed by atoms with Crippen LogP contribution >= 0.6 is 27.7 Å². The Kier molecular flexibility index (Phi) is 7.87. The molecule has 2 aromatic carbocycles. The molecule has 0 aromatic heterocycles. The number of esters is 2. The van der Waals surface area contributed by atoms with Gasteiger partial charge in [0.1, 0.15) is 0 Å². The fourth-order valence-corrected chi connectivity index (χ4v) is 3.26. The van der Waals surface area contributed by atoms with Gasteiger partial charge in [-0.3, -0.25) is 4.79 Å². The zero-order valence-electron chi connectivity index (χ0n) is 14.8. The minimum atomic E-state index is -0.610. The third-order valence-electron chi connectivity index (χ3n) is 3.47. The Balaban J connectivity index is 2.01. The molecule has 27 heavy (non-hydrogen) atoms. The first-order valence-corrected chi connectivity index (χ1v) is 9.81. The molecule has 2 aromatic rings. The van der Waals surface area contributed by atoms with Crippen LogP contribution in [0.2, 0.25) is 0 Å². The van der Waals surface area contributed by atoms with E-state index in [4.69, 9.17) is 0 Å². The monoisotopic (exact) mass is 451 g/mol. The number of ether oxygens (including phenoxy) is 2. The van der Waals surface area contributed by atoms with Crippen LogP contribution in [0.4, 0.5) is 5.69 Å². The highest BCUT2D eigenvalue weighted by Gasteiger charge is 2.15. The first-order valence-electron chi connectivity index (χ1n) is 7.86. The van der Waals surface area contributed by atoms with Gasteiger partial charge in [0.15, 0.2) is 0 Å². The van der Waals surface area contributed by atoms with Gasteiger partial charge in [-0.15, -0.1) is 11.8 Å². The Labute approximate surface area is 169 Å². The third-order valence-corrected chi connectivity index (χ3v) is 5.01. The first kappa shape index (κ1) is 21.0. The maximum absolute atomic E-state index is 12.2. The Morgan fingerprint density at radius 3 is 2.04 bits per heavy atom. The second-order valence-electron chi connectivity index (χ2n) is 5.45. The van der Waals surface area contributed by atoms with Crippen LogP contribution in [0.25, 0.3) is 0 Å². The van der Waals surface area contributed by atoms with Gasteiger partial charge >= 0.3 is 11.9 Å². The van der Waals surface area contributed by atoms with Crippen molar-refractivity contribution < 1.29 is 23.9 Å². The largest absolute Gasteiger partial charge is 0.465 e. The van der Waals surface area contributed by atoms with Crippen molar-refractivity contribution in [3.05, 3.63) is 63.6 Å². The minimum Gasteiger partial charge on any atom is -0.465 e. The Morgan fingerprint density at radius 2 is 1.52 bits per heavy atom. The molecule has 0 unspecified atom stereocenters. The van der Waals surface area contributed by atoms with Gasteiger partial charge in [0, 0.05) is 15.9 Å². The van der Waals surface area contributed by atoms with Crippen molar-refractivity contribution in [1.29, 1.82) is 0 Å². The molecule has 1 amide bonds. The molecule has 0 saturated heterocycles. The maximum Gasteiger partial charge on any atom is 0.337 e. The standard InChI is InChI=1S/C19H18BrNO5S/c1-25-18(23)13-7-14(19(24)26-2)9-16(8-13)21-17(22)11-27-10-12-3-5-15(20)6-4-12/h3-9H,10-11H2,1-2H3,(H,21,22). The zero-order chi connectivity index (χ0) is 19.8. The number of carbonyl (C=O) groups is 3. The highest BCUT2D eigenvalue weighted by Crippen LogP contribution is 2.19. The summed E-state index contributed by atoms with van der Waals surface area (Å²) in [5.41, 5.74) is 1.74. The number of carbonyl (C=O) groups excluding carboxylic acids is 3. The third kappa shape index (κ3) is 6.41. The lowest BCUT2D eigenvalue weighted by Crippen LogP contribution is -2.16. The van der Waals surface area contributed by atoms with Crippen LogP contribution < -0.4 is 5.32 Å². The molecule has 0 radical (unpaired) electrons.